The molecule has 1 atom stereocenters. The van der Waals surface area contributed by atoms with Crippen molar-refractivity contribution in [3.63, 3.8) is 0 Å². The fourth-order valence-corrected chi connectivity index (χ4v) is 3.10. The predicted molar refractivity (Wildman–Crippen MR) is 106 cm³/mol. The van der Waals surface area contributed by atoms with Gasteiger partial charge in [-0.3, -0.25) is 4.79 Å². The number of benzene rings is 2. The first-order chi connectivity index (χ1) is 13.2. The van der Waals surface area contributed by atoms with Crippen LogP contribution in [0.1, 0.15) is 38.3 Å². The molecule has 2 aromatic carbocycles. The van der Waals surface area contributed by atoms with Crippen LogP contribution in [0.2, 0.25) is 0 Å². The van der Waals surface area contributed by atoms with E-state index in [0.717, 1.165) is 16.9 Å². The quantitative estimate of drug-likeness (QED) is 0.824. The number of carbonyl (C=O) groups excluding carboxylic acids is 1. The molecule has 0 saturated heterocycles. The van der Waals surface area contributed by atoms with Crippen LogP contribution in [0, 0.1) is 5.82 Å². The number of rotatable bonds is 6. The summed E-state index contributed by atoms with van der Waals surface area (Å²) in [6.07, 6.45) is 0.367. The van der Waals surface area contributed by atoms with Crippen molar-refractivity contribution in [1.82, 2.24) is 5.32 Å². The molecule has 0 fully saturated rings. The van der Waals surface area contributed by atoms with Crippen molar-refractivity contribution in [2.45, 2.75) is 38.2 Å². The van der Waals surface area contributed by atoms with Crippen LogP contribution in [-0.4, -0.2) is 30.9 Å². The molecular weight excluding hydrogens is 359 g/mol. The minimum atomic E-state index is -1.08. The van der Waals surface area contributed by atoms with Gasteiger partial charge in [-0.25, -0.2) is 4.39 Å². The third kappa shape index (κ3) is 4.16. The van der Waals surface area contributed by atoms with Crippen molar-refractivity contribution < 1.29 is 18.8 Å². The topological polar surface area (TPSA) is 59.9 Å². The standard InChI is InChI=1S/C22H25FN2O3/c1-21(2,16-6-5-7-17(23)12-16)14-24-20(26)22(3)13-19(25-28-22)15-8-10-18(27-4)11-9-15/h5-12H,13-14H2,1-4H3,(H,24,26)/t22-/m1/s1. The molecule has 0 saturated carbocycles. The lowest BCUT2D eigenvalue weighted by Crippen LogP contribution is -2.48. The predicted octanol–water partition coefficient (Wildman–Crippen LogP) is 3.81. The number of carbonyl (C=O) groups is 1. The van der Waals surface area contributed by atoms with Gasteiger partial charge in [-0.1, -0.05) is 31.1 Å². The zero-order chi connectivity index (χ0) is 20.4. The van der Waals surface area contributed by atoms with Crippen LogP contribution in [0.15, 0.2) is 53.7 Å². The van der Waals surface area contributed by atoms with Crippen molar-refractivity contribution in [3.8, 4) is 5.75 Å². The number of hydrogen-bond acceptors (Lipinski definition) is 4. The Balaban J connectivity index is 1.63. The van der Waals surface area contributed by atoms with Crippen LogP contribution < -0.4 is 10.1 Å². The molecule has 3 rings (SSSR count). The Bertz CT molecular complexity index is 893. The number of ether oxygens (including phenoxy) is 1. The first-order valence-corrected chi connectivity index (χ1v) is 9.17. The maximum absolute atomic E-state index is 13.5. The van der Waals surface area contributed by atoms with E-state index in [-0.39, 0.29) is 11.7 Å². The van der Waals surface area contributed by atoms with Gasteiger partial charge in [0.25, 0.3) is 5.91 Å². The van der Waals surface area contributed by atoms with Crippen LogP contribution in [0.5, 0.6) is 5.75 Å². The molecule has 1 aliphatic rings. The van der Waals surface area contributed by atoms with Crippen molar-refractivity contribution in [3.05, 3.63) is 65.5 Å². The fourth-order valence-electron chi connectivity index (χ4n) is 3.10. The minimum absolute atomic E-state index is 0.246. The number of amides is 1. The summed E-state index contributed by atoms with van der Waals surface area (Å²) in [5.41, 5.74) is 0.919. The summed E-state index contributed by atoms with van der Waals surface area (Å²) in [6, 6.07) is 13.9. The lowest BCUT2D eigenvalue weighted by atomic mass is 9.84. The van der Waals surface area contributed by atoms with Crippen molar-refractivity contribution >= 4 is 11.6 Å². The van der Waals surface area contributed by atoms with Gasteiger partial charge in [0.1, 0.15) is 11.6 Å². The second-order valence-corrected chi connectivity index (χ2v) is 7.84. The van der Waals surface area contributed by atoms with E-state index in [0.29, 0.717) is 18.7 Å². The summed E-state index contributed by atoms with van der Waals surface area (Å²) < 4.78 is 18.7. The maximum Gasteiger partial charge on any atom is 0.267 e. The Morgan fingerprint density at radius 2 is 2.00 bits per heavy atom. The van der Waals surface area contributed by atoms with E-state index >= 15 is 0 Å². The molecule has 28 heavy (non-hydrogen) atoms. The average molecular weight is 384 g/mol. The van der Waals surface area contributed by atoms with Gasteiger partial charge in [0.2, 0.25) is 5.60 Å². The van der Waals surface area contributed by atoms with E-state index in [1.807, 2.05) is 44.2 Å². The summed E-state index contributed by atoms with van der Waals surface area (Å²) in [6.45, 7) is 5.99. The number of methoxy groups -OCH3 is 1. The van der Waals surface area contributed by atoms with Gasteiger partial charge >= 0.3 is 0 Å². The molecule has 148 valence electrons. The fraction of sp³-hybridized carbons (Fsp3) is 0.364. The minimum Gasteiger partial charge on any atom is -0.497 e. The number of nitrogens with zero attached hydrogens (tertiary/aromatic N) is 1. The van der Waals surface area contributed by atoms with Crippen LogP contribution in [0.25, 0.3) is 0 Å². The number of halogens is 1. The average Bonchev–Trinajstić information content (AvgIpc) is 3.10. The zero-order valence-electron chi connectivity index (χ0n) is 16.6. The summed E-state index contributed by atoms with van der Waals surface area (Å²) in [5.74, 6) is 0.216. The number of hydrogen-bond donors (Lipinski definition) is 1. The number of nitrogens with one attached hydrogen (secondary N) is 1. The SMILES string of the molecule is COc1ccc(C2=NO[C@@](C)(C(=O)NCC(C)(C)c3cccc(F)c3)C2)cc1. The Labute approximate surface area is 164 Å². The summed E-state index contributed by atoms with van der Waals surface area (Å²) in [5, 5.41) is 7.05. The molecule has 0 aliphatic carbocycles. The molecule has 0 unspecified atom stereocenters. The third-order valence-corrected chi connectivity index (χ3v) is 5.06. The van der Waals surface area contributed by atoms with Crippen LogP contribution >= 0.6 is 0 Å². The molecule has 6 heteroatoms. The van der Waals surface area contributed by atoms with Crippen LogP contribution in [0.4, 0.5) is 4.39 Å². The molecule has 2 aromatic rings. The van der Waals surface area contributed by atoms with Gasteiger partial charge < -0.3 is 14.9 Å². The van der Waals surface area contributed by atoms with Gasteiger partial charge in [0, 0.05) is 18.4 Å². The molecule has 0 bridgehead atoms. The highest BCUT2D eigenvalue weighted by atomic mass is 19.1. The lowest BCUT2D eigenvalue weighted by Gasteiger charge is -2.28. The Hall–Kier alpha value is -2.89. The largest absolute Gasteiger partial charge is 0.497 e. The van der Waals surface area contributed by atoms with E-state index in [2.05, 4.69) is 10.5 Å². The highest BCUT2D eigenvalue weighted by molar-refractivity contribution is 6.05. The maximum atomic E-state index is 13.5. The lowest BCUT2D eigenvalue weighted by molar-refractivity contribution is -0.141. The Morgan fingerprint density at radius 3 is 2.64 bits per heavy atom. The second-order valence-electron chi connectivity index (χ2n) is 7.84. The van der Waals surface area contributed by atoms with E-state index < -0.39 is 11.0 Å². The van der Waals surface area contributed by atoms with Crippen molar-refractivity contribution in [1.29, 1.82) is 0 Å². The van der Waals surface area contributed by atoms with Gasteiger partial charge in [0.15, 0.2) is 0 Å². The molecule has 5 nitrogen and oxygen atoms in total. The Kier molecular flexibility index (Phi) is 5.40. The first-order valence-electron chi connectivity index (χ1n) is 9.17. The first kappa shape index (κ1) is 19.9. The van der Waals surface area contributed by atoms with Gasteiger partial charge in [0.05, 0.1) is 12.8 Å². The normalized spacial score (nSPS) is 19.0. The molecule has 0 spiro atoms. The molecule has 0 radical (unpaired) electrons. The van der Waals surface area contributed by atoms with Gasteiger partial charge in [-0.2, -0.15) is 0 Å². The van der Waals surface area contributed by atoms with E-state index in [1.54, 1.807) is 20.1 Å². The Morgan fingerprint density at radius 1 is 1.29 bits per heavy atom. The van der Waals surface area contributed by atoms with Crippen LogP contribution in [0.3, 0.4) is 0 Å². The second kappa shape index (κ2) is 7.62. The molecule has 1 aliphatic heterocycles. The number of oxime groups is 1. The van der Waals surface area contributed by atoms with Crippen molar-refractivity contribution in [2.24, 2.45) is 5.16 Å². The monoisotopic (exact) mass is 384 g/mol. The highest BCUT2D eigenvalue weighted by Gasteiger charge is 2.42. The van der Waals surface area contributed by atoms with E-state index in [1.165, 1.54) is 12.1 Å². The molecular formula is C22H25FN2O3. The molecule has 0 aromatic heterocycles. The smallest absolute Gasteiger partial charge is 0.267 e. The van der Waals surface area contributed by atoms with Crippen molar-refractivity contribution in [2.75, 3.05) is 13.7 Å². The van der Waals surface area contributed by atoms with Crippen LogP contribution in [-0.2, 0) is 15.0 Å². The molecule has 1 amide bonds. The van der Waals surface area contributed by atoms with Gasteiger partial charge in [-0.15, -0.1) is 0 Å². The zero-order valence-corrected chi connectivity index (χ0v) is 16.6. The summed E-state index contributed by atoms with van der Waals surface area (Å²) in [4.78, 5) is 18.3. The molecule has 1 N–H and O–H groups in total. The third-order valence-electron chi connectivity index (χ3n) is 5.06. The van der Waals surface area contributed by atoms with E-state index in [9.17, 15) is 9.18 Å². The highest BCUT2D eigenvalue weighted by Crippen LogP contribution is 2.28. The van der Waals surface area contributed by atoms with Gasteiger partial charge in [-0.05, 0) is 54.4 Å². The molecule has 1 heterocycles. The summed E-state index contributed by atoms with van der Waals surface area (Å²) >= 11 is 0. The van der Waals surface area contributed by atoms with E-state index in [4.69, 9.17) is 9.57 Å². The summed E-state index contributed by atoms with van der Waals surface area (Å²) in [7, 11) is 1.61.